The lowest BCUT2D eigenvalue weighted by Gasteiger charge is -2.10. The van der Waals surface area contributed by atoms with Gasteiger partial charge in [-0.2, -0.15) is 0 Å². The molecular weight excluding hydrogens is 183 g/mol. The van der Waals surface area contributed by atoms with Crippen LogP contribution in [0.25, 0.3) is 0 Å². The van der Waals surface area contributed by atoms with Crippen LogP contribution in [-0.2, 0) is 6.61 Å². The number of aryl methyl sites for hydroxylation is 2. The molecule has 1 atom stereocenters. The molecule has 0 amide bonds. The molecule has 1 rings (SSSR count). The molecule has 1 N–H and O–H groups in total. The maximum Gasteiger partial charge on any atom is 0.120 e. The molecule has 13 heavy (non-hydrogen) atoms. The van der Waals surface area contributed by atoms with Crippen molar-refractivity contribution in [3.63, 3.8) is 0 Å². The fourth-order valence-electron chi connectivity index (χ4n) is 1.38. The molecule has 1 aromatic carbocycles. The lowest BCUT2D eigenvalue weighted by molar-refractivity contribution is 0.280. The van der Waals surface area contributed by atoms with Crippen LogP contribution in [0.3, 0.4) is 0 Å². The van der Waals surface area contributed by atoms with Crippen LogP contribution in [0.15, 0.2) is 12.1 Å². The Kier molecular flexibility index (Phi) is 3.71. The molecule has 2 nitrogen and oxygen atoms in total. The van der Waals surface area contributed by atoms with E-state index >= 15 is 0 Å². The Morgan fingerprint density at radius 2 is 1.85 bits per heavy atom. The van der Waals surface area contributed by atoms with E-state index in [0.29, 0.717) is 6.35 Å². The average molecular weight is 198 g/mol. The second-order valence-corrected chi connectivity index (χ2v) is 3.34. The Hall–Kier alpha value is -0.590. The second-order valence-electron chi connectivity index (χ2n) is 3.00. The highest BCUT2D eigenvalue weighted by molar-refractivity contribution is 7.16. The summed E-state index contributed by atoms with van der Waals surface area (Å²) in [6.07, 6.45) is 0.595. The fraction of sp³-hybridized carbons (Fsp3) is 0.400. The molecule has 0 bridgehead atoms. The summed E-state index contributed by atoms with van der Waals surface area (Å²) in [4.78, 5) is 0. The first kappa shape index (κ1) is 10.5. The summed E-state index contributed by atoms with van der Waals surface area (Å²) in [6.45, 7) is 4.06. The van der Waals surface area contributed by atoms with E-state index in [9.17, 15) is 0 Å². The van der Waals surface area contributed by atoms with E-state index in [4.69, 9.17) is 9.84 Å². The zero-order chi connectivity index (χ0) is 9.84. The predicted octanol–water partition coefficient (Wildman–Crippen LogP) is 2.01. The van der Waals surface area contributed by atoms with Crippen LogP contribution in [0.2, 0.25) is 0 Å². The summed E-state index contributed by atoms with van der Waals surface area (Å²) < 4.78 is 5.35. The van der Waals surface area contributed by atoms with Crippen molar-refractivity contribution in [2.24, 2.45) is 0 Å². The van der Waals surface area contributed by atoms with E-state index < -0.39 is 0 Å². The van der Waals surface area contributed by atoms with E-state index in [1.54, 1.807) is 0 Å². The number of rotatable bonds is 3. The van der Waals surface area contributed by atoms with Gasteiger partial charge in [-0.05, 0) is 42.7 Å². The lowest BCUT2D eigenvalue weighted by atomic mass is 10.0. The van der Waals surface area contributed by atoms with E-state index in [2.05, 4.69) is 9.24 Å². The second kappa shape index (κ2) is 4.59. The molecule has 1 unspecified atom stereocenters. The van der Waals surface area contributed by atoms with Crippen molar-refractivity contribution < 1.29 is 9.84 Å². The molecule has 0 saturated carbocycles. The minimum Gasteiger partial charge on any atom is -0.490 e. The number of hydrogen-bond acceptors (Lipinski definition) is 2. The standard InChI is InChI=1S/C10H15O2P/c1-7-3-9(12-6-13)4-8(2)10(7)5-11/h3-4,11H,5-6,13H2,1-2H3. The highest BCUT2D eigenvalue weighted by atomic mass is 31.0. The molecule has 0 radical (unpaired) electrons. The normalized spacial score (nSPS) is 10.2. The molecule has 0 fully saturated rings. The quantitative estimate of drug-likeness (QED) is 0.753. The van der Waals surface area contributed by atoms with Crippen LogP contribution in [0.4, 0.5) is 0 Å². The van der Waals surface area contributed by atoms with Gasteiger partial charge in [0, 0.05) is 0 Å². The third kappa shape index (κ3) is 2.43. The number of aliphatic hydroxyl groups excluding tert-OH is 1. The summed E-state index contributed by atoms with van der Waals surface area (Å²) in [7, 11) is 2.51. The third-order valence-corrected chi connectivity index (χ3v) is 2.24. The van der Waals surface area contributed by atoms with Crippen molar-refractivity contribution in [3.8, 4) is 5.75 Å². The van der Waals surface area contributed by atoms with Crippen molar-refractivity contribution >= 4 is 9.24 Å². The number of hydrogen-bond donors (Lipinski definition) is 1. The van der Waals surface area contributed by atoms with Gasteiger partial charge in [0.15, 0.2) is 0 Å². The van der Waals surface area contributed by atoms with Gasteiger partial charge in [-0.3, -0.25) is 0 Å². The molecule has 0 aromatic heterocycles. The topological polar surface area (TPSA) is 29.5 Å². The average Bonchev–Trinajstić information content (AvgIpc) is 2.04. The van der Waals surface area contributed by atoms with Crippen LogP contribution < -0.4 is 4.74 Å². The Balaban J connectivity index is 3.05. The van der Waals surface area contributed by atoms with Crippen molar-refractivity contribution in [2.75, 3.05) is 6.35 Å². The van der Waals surface area contributed by atoms with E-state index in [0.717, 1.165) is 22.4 Å². The molecular formula is C10H15O2P. The van der Waals surface area contributed by atoms with Crippen molar-refractivity contribution in [1.29, 1.82) is 0 Å². The van der Waals surface area contributed by atoms with Gasteiger partial charge in [-0.15, -0.1) is 0 Å². The highest BCUT2D eigenvalue weighted by Gasteiger charge is 2.03. The van der Waals surface area contributed by atoms with Crippen molar-refractivity contribution in [2.45, 2.75) is 20.5 Å². The summed E-state index contributed by atoms with van der Waals surface area (Å²) in [5, 5.41) is 9.08. The first-order chi connectivity index (χ1) is 6.19. The first-order valence-electron chi connectivity index (χ1n) is 4.23. The smallest absolute Gasteiger partial charge is 0.120 e. The molecule has 0 aliphatic heterocycles. The largest absolute Gasteiger partial charge is 0.490 e. The maximum atomic E-state index is 9.08. The SMILES string of the molecule is Cc1cc(OCP)cc(C)c1CO. The Morgan fingerprint density at radius 1 is 1.31 bits per heavy atom. The third-order valence-electron chi connectivity index (χ3n) is 2.08. The summed E-state index contributed by atoms with van der Waals surface area (Å²) in [5.74, 6) is 0.863. The van der Waals surface area contributed by atoms with Gasteiger partial charge in [0.05, 0.1) is 6.61 Å². The van der Waals surface area contributed by atoms with E-state index in [1.807, 2.05) is 26.0 Å². The monoisotopic (exact) mass is 198 g/mol. The van der Waals surface area contributed by atoms with Crippen molar-refractivity contribution in [1.82, 2.24) is 0 Å². The highest BCUT2D eigenvalue weighted by Crippen LogP contribution is 2.22. The van der Waals surface area contributed by atoms with Crippen molar-refractivity contribution in [3.05, 3.63) is 28.8 Å². The zero-order valence-electron chi connectivity index (χ0n) is 8.00. The minimum absolute atomic E-state index is 0.0961. The first-order valence-corrected chi connectivity index (χ1v) is 5.04. The molecule has 0 aliphatic carbocycles. The van der Waals surface area contributed by atoms with Gasteiger partial charge in [0.2, 0.25) is 0 Å². The van der Waals surface area contributed by atoms with Crippen LogP contribution in [-0.4, -0.2) is 11.5 Å². The Morgan fingerprint density at radius 3 is 2.23 bits per heavy atom. The molecule has 0 aliphatic rings. The van der Waals surface area contributed by atoms with E-state index in [1.165, 1.54) is 0 Å². The predicted molar refractivity (Wildman–Crippen MR) is 57.0 cm³/mol. The maximum absolute atomic E-state index is 9.08. The van der Waals surface area contributed by atoms with Gasteiger partial charge in [0.1, 0.15) is 12.1 Å². The number of aliphatic hydroxyl groups is 1. The van der Waals surface area contributed by atoms with Crippen LogP contribution >= 0.6 is 9.24 Å². The van der Waals surface area contributed by atoms with Crippen LogP contribution in [0, 0.1) is 13.8 Å². The Bertz CT molecular complexity index is 274. The minimum atomic E-state index is 0.0961. The summed E-state index contributed by atoms with van der Waals surface area (Å²) in [6, 6.07) is 3.89. The number of ether oxygens (including phenoxy) is 1. The van der Waals surface area contributed by atoms with Crippen LogP contribution in [0.1, 0.15) is 16.7 Å². The number of benzene rings is 1. The molecule has 0 spiro atoms. The molecule has 72 valence electrons. The fourth-order valence-corrected chi connectivity index (χ4v) is 1.58. The van der Waals surface area contributed by atoms with E-state index in [-0.39, 0.29) is 6.61 Å². The van der Waals surface area contributed by atoms with Gasteiger partial charge < -0.3 is 9.84 Å². The molecule has 0 heterocycles. The molecule has 0 saturated heterocycles. The Labute approximate surface area is 81.1 Å². The van der Waals surface area contributed by atoms with Gasteiger partial charge in [-0.1, -0.05) is 9.24 Å². The summed E-state index contributed by atoms with van der Waals surface area (Å²) >= 11 is 0. The lowest BCUT2D eigenvalue weighted by Crippen LogP contribution is -1.96. The molecule has 1 aromatic rings. The van der Waals surface area contributed by atoms with Gasteiger partial charge >= 0.3 is 0 Å². The summed E-state index contributed by atoms with van der Waals surface area (Å²) in [5.41, 5.74) is 3.16. The van der Waals surface area contributed by atoms with Gasteiger partial charge in [0.25, 0.3) is 0 Å². The molecule has 3 heteroatoms. The zero-order valence-corrected chi connectivity index (χ0v) is 9.16. The van der Waals surface area contributed by atoms with Gasteiger partial charge in [-0.25, -0.2) is 0 Å². The van der Waals surface area contributed by atoms with Crippen LogP contribution in [0.5, 0.6) is 5.75 Å².